The number of carbonyl (C=O) groups is 2. The molecule has 156 valence electrons. The highest BCUT2D eigenvalue weighted by atomic mass is 16.6. The molecular formula is C21H32N2O5. The predicted octanol–water partition coefficient (Wildman–Crippen LogP) is 2.66. The second kappa shape index (κ2) is 8.49. The minimum absolute atomic E-state index is 0.299. The second-order valence-electron chi connectivity index (χ2n) is 8.69. The number of primary amides is 1. The number of nitrogens with two attached hydrogens (primary N) is 2. The van der Waals surface area contributed by atoms with E-state index in [1.54, 1.807) is 19.1 Å². The fourth-order valence-electron chi connectivity index (χ4n) is 4.06. The monoisotopic (exact) mass is 392 g/mol. The number of ether oxygens (including phenoxy) is 2. The Kier molecular flexibility index (Phi) is 6.72. The lowest BCUT2D eigenvalue weighted by atomic mass is 9.63. The highest BCUT2D eigenvalue weighted by Gasteiger charge is 2.51. The molecule has 0 heterocycles. The molecule has 5 atom stereocenters. The third-order valence-electron chi connectivity index (χ3n) is 5.30. The van der Waals surface area contributed by atoms with Gasteiger partial charge >= 0.3 is 12.1 Å². The molecular weight excluding hydrogens is 360 g/mol. The van der Waals surface area contributed by atoms with Crippen LogP contribution in [0.3, 0.4) is 0 Å². The van der Waals surface area contributed by atoms with Crippen molar-refractivity contribution >= 4 is 12.1 Å². The van der Waals surface area contributed by atoms with E-state index >= 15 is 0 Å². The van der Waals surface area contributed by atoms with Crippen LogP contribution in [-0.4, -0.2) is 34.4 Å². The Bertz CT molecular complexity index is 686. The summed E-state index contributed by atoms with van der Waals surface area (Å²) >= 11 is 0. The van der Waals surface area contributed by atoms with Crippen molar-refractivity contribution in [3.63, 3.8) is 0 Å². The Hall–Kier alpha value is -2.12. The van der Waals surface area contributed by atoms with Crippen LogP contribution in [0, 0.1) is 11.8 Å². The molecule has 1 aliphatic carbocycles. The Labute approximate surface area is 166 Å². The zero-order chi connectivity index (χ0) is 21.1. The molecule has 0 spiro atoms. The molecule has 7 heteroatoms. The molecule has 0 aliphatic heterocycles. The predicted molar refractivity (Wildman–Crippen MR) is 105 cm³/mol. The number of hydrogen-bond acceptors (Lipinski definition) is 6. The van der Waals surface area contributed by atoms with Gasteiger partial charge in [0.1, 0.15) is 11.7 Å². The van der Waals surface area contributed by atoms with Crippen LogP contribution < -0.4 is 11.5 Å². The van der Waals surface area contributed by atoms with Gasteiger partial charge < -0.3 is 26.0 Å². The molecule has 0 bridgehead atoms. The van der Waals surface area contributed by atoms with E-state index in [1.165, 1.54) is 0 Å². The van der Waals surface area contributed by atoms with E-state index < -0.39 is 35.4 Å². The van der Waals surface area contributed by atoms with Crippen LogP contribution in [0.2, 0.25) is 0 Å². The number of esters is 1. The largest absolute Gasteiger partial charge is 0.460 e. The van der Waals surface area contributed by atoms with E-state index in [-0.39, 0.29) is 11.9 Å². The fraction of sp³-hybridized carbons (Fsp3) is 0.619. The maximum Gasteiger partial charge on any atom is 0.405 e. The zero-order valence-electron chi connectivity index (χ0n) is 17.1. The second-order valence-corrected chi connectivity index (χ2v) is 8.69. The molecule has 1 aromatic carbocycles. The van der Waals surface area contributed by atoms with Gasteiger partial charge in [0.05, 0.1) is 17.6 Å². The van der Waals surface area contributed by atoms with Crippen LogP contribution >= 0.6 is 0 Å². The van der Waals surface area contributed by atoms with E-state index in [1.807, 2.05) is 39.0 Å². The molecule has 5 N–H and O–H groups in total. The van der Waals surface area contributed by atoms with Crippen molar-refractivity contribution in [3.05, 3.63) is 35.9 Å². The van der Waals surface area contributed by atoms with Gasteiger partial charge in [0.2, 0.25) is 0 Å². The molecule has 0 saturated heterocycles. The van der Waals surface area contributed by atoms with Crippen LogP contribution in [0.4, 0.5) is 4.79 Å². The van der Waals surface area contributed by atoms with Crippen LogP contribution in [0.15, 0.2) is 30.3 Å². The first-order valence-electron chi connectivity index (χ1n) is 9.65. The summed E-state index contributed by atoms with van der Waals surface area (Å²) in [5.74, 6) is -1.16. The van der Waals surface area contributed by atoms with E-state index in [0.29, 0.717) is 24.8 Å². The highest BCUT2D eigenvalue weighted by molar-refractivity contribution is 5.73. The van der Waals surface area contributed by atoms with Gasteiger partial charge in [-0.15, -0.1) is 0 Å². The van der Waals surface area contributed by atoms with Crippen molar-refractivity contribution in [2.45, 2.75) is 70.3 Å². The molecule has 2 rings (SSSR count). The molecule has 7 nitrogen and oxygen atoms in total. The van der Waals surface area contributed by atoms with Crippen LogP contribution in [0.5, 0.6) is 0 Å². The lowest BCUT2D eigenvalue weighted by molar-refractivity contribution is -0.164. The minimum Gasteiger partial charge on any atom is -0.460 e. The van der Waals surface area contributed by atoms with Crippen molar-refractivity contribution in [2.75, 3.05) is 0 Å². The topological polar surface area (TPSA) is 125 Å². The number of aliphatic hydroxyl groups excluding tert-OH is 1. The third-order valence-corrected chi connectivity index (χ3v) is 5.30. The smallest absolute Gasteiger partial charge is 0.405 e. The number of benzene rings is 1. The standard InChI is InChI=1S/C21H32N2O5/c1-13(24)16-12-15(18(25)28-20(2,3)4)10-11-21(16,23)17(27-19(22)26)14-8-6-5-7-9-14/h5-9,13,15-17,24H,10-12,23H2,1-4H3,(H2,22,26). The average molecular weight is 392 g/mol. The Morgan fingerprint density at radius 2 is 1.86 bits per heavy atom. The summed E-state index contributed by atoms with van der Waals surface area (Å²) in [5.41, 5.74) is 11.1. The SMILES string of the molecule is CC(O)C1CC(C(=O)OC(C)(C)C)CCC1(N)C(OC(N)=O)c1ccccc1. The fourth-order valence-corrected chi connectivity index (χ4v) is 4.06. The van der Waals surface area contributed by atoms with Crippen LogP contribution in [0.25, 0.3) is 0 Å². The number of rotatable bonds is 5. The minimum atomic E-state index is -1.07. The molecule has 28 heavy (non-hydrogen) atoms. The van der Waals surface area contributed by atoms with Gasteiger partial charge in [0.25, 0.3) is 0 Å². The molecule has 1 aromatic rings. The molecule has 1 amide bonds. The van der Waals surface area contributed by atoms with Gasteiger partial charge in [0, 0.05) is 5.92 Å². The van der Waals surface area contributed by atoms with Crippen molar-refractivity contribution in [3.8, 4) is 0 Å². The molecule has 0 radical (unpaired) electrons. The van der Waals surface area contributed by atoms with Gasteiger partial charge in [-0.2, -0.15) is 0 Å². The third kappa shape index (κ3) is 5.23. The van der Waals surface area contributed by atoms with E-state index in [0.717, 1.165) is 0 Å². The van der Waals surface area contributed by atoms with Gasteiger partial charge in [-0.3, -0.25) is 4.79 Å². The van der Waals surface area contributed by atoms with Gasteiger partial charge in [0.15, 0.2) is 0 Å². The first kappa shape index (κ1) is 22.2. The average Bonchev–Trinajstić information content (AvgIpc) is 2.58. The zero-order valence-corrected chi connectivity index (χ0v) is 17.1. The van der Waals surface area contributed by atoms with E-state index in [9.17, 15) is 14.7 Å². The molecule has 1 aliphatic rings. The van der Waals surface area contributed by atoms with E-state index in [2.05, 4.69) is 0 Å². The highest BCUT2D eigenvalue weighted by Crippen LogP contribution is 2.46. The maximum absolute atomic E-state index is 12.6. The number of hydrogen-bond donors (Lipinski definition) is 3. The Morgan fingerprint density at radius 1 is 1.25 bits per heavy atom. The van der Waals surface area contributed by atoms with Crippen molar-refractivity contribution < 1.29 is 24.2 Å². The summed E-state index contributed by atoms with van der Waals surface area (Å²) < 4.78 is 10.9. The van der Waals surface area contributed by atoms with E-state index in [4.69, 9.17) is 20.9 Å². The maximum atomic E-state index is 12.6. The number of amides is 1. The number of aliphatic hydroxyl groups is 1. The molecule has 5 unspecified atom stereocenters. The van der Waals surface area contributed by atoms with Gasteiger partial charge in [-0.1, -0.05) is 30.3 Å². The van der Waals surface area contributed by atoms with Gasteiger partial charge in [-0.25, -0.2) is 4.79 Å². The summed E-state index contributed by atoms with van der Waals surface area (Å²) in [4.78, 5) is 24.1. The summed E-state index contributed by atoms with van der Waals surface area (Å²) in [7, 11) is 0. The summed E-state index contributed by atoms with van der Waals surface area (Å²) in [6.45, 7) is 7.09. The van der Waals surface area contributed by atoms with Crippen LogP contribution in [0.1, 0.15) is 58.6 Å². The Morgan fingerprint density at radius 3 is 2.36 bits per heavy atom. The lowest BCUT2D eigenvalue weighted by Gasteiger charge is -2.48. The normalized spacial score (nSPS) is 27.5. The van der Waals surface area contributed by atoms with Crippen molar-refractivity contribution in [1.29, 1.82) is 0 Å². The summed E-state index contributed by atoms with van der Waals surface area (Å²) in [6, 6.07) is 9.10. The van der Waals surface area contributed by atoms with Gasteiger partial charge in [-0.05, 0) is 52.5 Å². The van der Waals surface area contributed by atoms with Crippen molar-refractivity contribution in [1.82, 2.24) is 0 Å². The van der Waals surface area contributed by atoms with Crippen molar-refractivity contribution in [2.24, 2.45) is 23.3 Å². The quantitative estimate of drug-likeness (QED) is 0.662. The first-order valence-corrected chi connectivity index (χ1v) is 9.65. The molecule has 0 aromatic heterocycles. The summed E-state index contributed by atoms with van der Waals surface area (Å²) in [5, 5.41) is 10.5. The Balaban J connectivity index is 2.33. The first-order chi connectivity index (χ1) is 12.9. The van der Waals surface area contributed by atoms with Crippen LogP contribution in [-0.2, 0) is 14.3 Å². The number of carbonyl (C=O) groups excluding carboxylic acids is 2. The molecule has 1 fully saturated rings. The lowest BCUT2D eigenvalue weighted by Crippen LogP contribution is -2.60. The molecule has 1 saturated carbocycles. The summed E-state index contributed by atoms with van der Waals surface area (Å²) in [6.07, 6.45) is -1.38.